The van der Waals surface area contributed by atoms with Crippen molar-refractivity contribution in [2.45, 2.75) is 6.92 Å². The summed E-state index contributed by atoms with van der Waals surface area (Å²) in [6.07, 6.45) is 0. The van der Waals surface area contributed by atoms with Gasteiger partial charge in [0.25, 0.3) is 5.91 Å². The van der Waals surface area contributed by atoms with Crippen LogP contribution in [0.5, 0.6) is 5.75 Å². The van der Waals surface area contributed by atoms with Crippen LogP contribution in [-0.2, 0) is 0 Å². The van der Waals surface area contributed by atoms with Gasteiger partial charge in [-0.15, -0.1) is 11.3 Å². The number of amides is 1. The Labute approximate surface area is 120 Å². The first-order valence-electron chi connectivity index (χ1n) is 5.51. The summed E-state index contributed by atoms with van der Waals surface area (Å²) in [7, 11) is 1.56. The first kappa shape index (κ1) is 13.7. The van der Waals surface area contributed by atoms with Gasteiger partial charge in [0.05, 0.1) is 23.5 Å². The Morgan fingerprint density at radius 3 is 2.74 bits per heavy atom. The van der Waals surface area contributed by atoms with Crippen LogP contribution in [0.3, 0.4) is 0 Å². The summed E-state index contributed by atoms with van der Waals surface area (Å²) in [5, 5.41) is 5.06. The van der Waals surface area contributed by atoms with E-state index in [0.717, 1.165) is 5.56 Å². The van der Waals surface area contributed by atoms with Crippen molar-refractivity contribution in [2.75, 3.05) is 18.2 Å². The molecule has 0 saturated heterocycles. The molecule has 1 heterocycles. The molecule has 6 heteroatoms. The lowest BCUT2D eigenvalue weighted by Gasteiger charge is -2.09. The number of halogens is 1. The fraction of sp³-hybridized carbons (Fsp3) is 0.154. The number of hydrogen-bond acceptors (Lipinski definition) is 4. The van der Waals surface area contributed by atoms with Gasteiger partial charge in [-0.2, -0.15) is 0 Å². The van der Waals surface area contributed by atoms with E-state index in [0.29, 0.717) is 27.0 Å². The molecule has 0 bridgehead atoms. The van der Waals surface area contributed by atoms with Gasteiger partial charge >= 0.3 is 0 Å². The van der Waals surface area contributed by atoms with Crippen molar-refractivity contribution in [3.05, 3.63) is 39.0 Å². The molecule has 0 atom stereocenters. The molecule has 1 aromatic heterocycles. The number of thiophene rings is 1. The minimum absolute atomic E-state index is 0.264. The van der Waals surface area contributed by atoms with Crippen LogP contribution < -0.4 is 15.8 Å². The van der Waals surface area contributed by atoms with Crippen LogP contribution in [0.2, 0.25) is 5.02 Å². The molecule has 0 radical (unpaired) electrons. The van der Waals surface area contributed by atoms with Crippen molar-refractivity contribution >= 4 is 40.2 Å². The number of ether oxygens (including phenoxy) is 1. The Bertz CT molecular complexity index is 625. The molecular weight excluding hydrogens is 284 g/mol. The van der Waals surface area contributed by atoms with Gasteiger partial charge in [-0.3, -0.25) is 4.79 Å². The van der Waals surface area contributed by atoms with Crippen LogP contribution in [-0.4, -0.2) is 13.0 Å². The molecule has 19 heavy (non-hydrogen) atoms. The summed E-state index contributed by atoms with van der Waals surface area (Å²) in [4.78, 5) is 12.6. The van der Waals surface area contributed by atoms with E-state index in [1.165, 1.54) is 11.3 Å². The average molecular weight is 297 g/mol. The third kappa shape index (κ3) is 2.83. The van der Waals surface area contributed by atoms with E-state index in [-0.39, 0.29) is 5.91 Å². The molecule has 1 amide bonds. The molecule has 0 aliphatic carbocycles. The molecule has 2 aromatic rings. The zero-order valence-electron chi connectivity index (χ0n) is 10.5. The molecule has 1 aromatic carbocycles. The predicted molar refractivity (Wildman–Crippen MR) is 79.4 cm³/mol. The van der Waals surface area contributed by atoms with Gasteiger partial charge in [0.1, 0.15) is 10.6 Å². The Kier molecular flexibility index (Phi) is 3.97. The maximum atomic E-state index is 12.1. The van der Waals surface area contributed by atoms with Gasteiger partial charge in [0.15, 0.2) is 0 Å². The highest BCUT2D eigenvalue weighted by Crippen LogP contribution is 2.29. The standard InChI is InChI=1S/C13H13ClN2O2S/c1-7-6-19-12(11(7)14)13(17)16-10-4-3-8(18-2)5-9(10)15/h3-6H,15H2,1-2H3,(H,16,17). The molecule has 0 saturated carbocycles. The molecule has 0 aliphatic rings. The van der Waals surface area contributed by atoms with Crippen molar-refractivity contribution < 1.29 is 9.53 Å². The van der Waals surface area contributed by atoms with Gasteiger partial charge < -0.3 is 15.8 Å². The number of nitrogen functional groups attached to an aromatic ring is 1. The average Bonchev–Trinajstić information content (AvgIpc) is 2.72. The van der Waals surface area contributed by atoms with Crippen LogP contribution in [0, 0.1) is 6.92 Å². The van der Waals surface area contributed by atoms with Gasteiger partial charge in [0.2, 0.25) is 0 Å². The Morgan fingerprint density at radius 2 is 2.21 bits per heavy atom. The van der Waals surface area contributed by atoms with Crippen LogP contribution >= 0.6 is 22.9 Å². The number of benzene rings is 1. The largest absolute Gasteiger partial charge is 0.497 e. The van der Waals surface area contributed by atoms with Crippen molar-refractivity contribution in [3.8, 4) is 5.75 Å². The van der Waals surface area contributed by atoms with E-state index >= 15 is 0 Å². The maximum absolute atomic E-state index is 12.1. The summed E-state index contributed by atoms with van der Waals surface area (Å²) in [6.45, 7) is 1.86. The third-order valence-electron chi connectivity index (χ3n) is 2.61. The number of carbonyl (C=O) groups is 1. The molecule has 3 N–H and O–H groups in total. The molecule has 2 rings (SSSR count). The van der Waals surface area contributed by atoms with Crippen molar-refractivity contribution in [2.24, 2.45) is 0 Å². The van der Waals surface area contributed by atoms with E-state index in [1.807, 2.05) is 12.3 Å². The quantitative estimate of drug-likeness (QED) is 0.851. The van der Waals surface area contributed by atoms with E-state index in [9.17, 15) is 4.79 Å². The van der Waals surface area contributed by atoms with Crippen LogP contribution in [0.25, 0.3) is 0 Å². The molecular formula is C13H13ClN2O2S. The topological polar surface area (TPSA) is 64.3 Å². The number of nitrogens with two attached hydrogens (primary N) is 1. The van der Waals surface area contributed by atoms with Gasteiger partial charge in [-0.05, 0) is 30.0 Å². The van der Waals surface area contributed by atoms with Crippen LogP contribution in [0.15, 0.2) is 23.6 Å². The Morgan fingerprint density at radius 1 is 1.47 bits per heavy atom. The zero-order chi connectivity index (χ0) is 14.0. The van der Waals surface area contributed by atoms with Crippen molar-refractivity contribution in [1.82, 2.24) is 0 Å². The highest BCUT2D eigenvalue weighted by Gasteiger charge is 2.15. The predicted octanol–water partition coefficient (Wildman–Crippen LogP) is 3.55. The van der Waals surface area contributed by atoms with Gasteiger partial charge in [-0.25, -0.2) is 0 Å². The summed E-state index contributed by atoms with van der Waals surface area (Å²) in [5.74, 6) is 0.375. The normalized spacial score (nSPS) is 10.3. The summed E-state index contributed by atoms with van der Waals surface area (Å²) in [5.41, 5.74) is 7.71. The van der Waals surface area contributed by atoms with Crippen molar-refractivity contribution in [1.29, 1.82) is 0 Å². The zero-order valence-corrected chi connectivity index (χ0v) is 12.1. The van der Waals surface area contributed by atoms with Crippen LogP contribution in [0.4, 0.5) is 11.4 Å². The summed E-state index contributed by atoms with van der Waals surface area (Å²) >= 11 is 7.36. The second-order valence-corrected chi connectivity index (χ2v) is 5.23. The number of rotatable bonds is 3. The number of carbonyl (C=O) groups excluding carboxylic acids is 1. The van der Waals surface area contributed by atoms with E-state index in [1.54, 1.807) is 25.3 Å². The minimum atomic E-state index is -0.264. The fourth-order valence-corrected chi connectivity index (χ4v) is 2.72. The second-order valence-electron chi connectivity index (χ2n) is 3.97. The highest BCUT2D eigenvalue weighted by molar-refractivity contribution is 7.13. The van der Waals surface area contributed by atoms with Crippen LogP contribution in [0.1, 0.15) is 15.2 Å². The Hall–Kier alpha value is -1.72. The lowest BCUT2D eigenvalue weighted by atomic mass is 10.2. The first-order chi connectivity index (χ1) is 9.02. The molecule has 0 spiro atoms. The fourth-order valence-electron chi connectivity index (χ4n) is 1.54. The first-order valence-corrected chi connectivity index (χ1v) is 6.77. The number of methoxy groups -OCH3 is 1. The second kappa shape index (κ2) is 5.50. The Balaban J connectivity index is 2.22. The molecule has 0 aliphatic heterocycles. The number of anilines is 2. The molecule has 0 fully saturated rings. The van der Waals surface area contributed by atoms with E-state index in [2.05, 4.69) is 5.32 Å². The maximum Gasteiger partial charge on any atom is 0.267 e. The number of aryl methyl sites for hydroxylation is 1. The molecule has 4 nitrogen and oxygen atoms in total. The molecule has 100 valence electrons. The smallest absolute Gasteiger partial charge is 0.267 e. The van der Waals surface area contributed by atoms with Crippen molar-refractivity contribution in [3.63, 3.8) is 0 Å². The summed E-state index contributed by atoms with van der Waals surface area (Å²) < 4.78 is 5.05. The monoisotopic (exact) mass is 296 g/mol. The highest BCUT2D eigenvalue weighted by atomic mass is 35.5. The van der Waals surface area contributed by atoms with E-state index < -0.39 is 0 Å². The van der Waals surface area contributed by atoms with Gasteiger partial charge in [-0.1, -0.05) is 11.6 Å². The SMILES string of the molecule is COc1ccc(NC(=O)c2scc(C)c2Cl)c(N)c1. The van der Waals surface area contributed by atoms with Gasteiger partial charge in [0, 0.05) is 6.07 Å². The van der Waals surface area contributed by atoms with E-state index in [4.69, 9.17) is 22.1 Å². The minimum Gasteiger partial charge on any atom is -0.497 e. The molecule has 0 unspecified atom stereocenters. The number of hydrogen-bond donors (Lipinski definition) is 2. The third-order valence-corrected chi connectivity index (χ3v) is 4.31. The lowest BCUT2D eigenvalue weighted by molar-refractivity contribution is 0.103. The lowest BCUT2D eigenvalue weighted by Crippen LogP contribution is -2.12. The number of nitrogens with one attached hydrogen (secondary N) is 1. The summed E-state index contributed by atoms with van der Waals surface area (Å²) in [6, 6.07) is 5.07.